The van der Waals surface area contributed by atoms with E-state index in [-0.39, 0.29) is 12.8 Å². The first-order chi connectivity index (χ1) is 11.6. The summed E-state index contributed by atoms with van der Waals surface area (Å²) >= 11 is 0. The molecule has 0 aliphatic carbocycles. The van der Waals surface area contributed by atoms with E-state index in [2.05, 4.69) is 0 Å². The quantitative estimate of drug-likeness (QED) is 0.605. The third-order valence-electron chi connectivity index (χ3n) is 4.41. The number of aryl methyl sites for hydroxylation is 1. The zero-order chi connectivity index (χ0) is 17.3. The summed E-state index contributed by atoms with van der Waals surface area (Å²) in [5, 5.41) is 1.49. The summed E-state index contributed by atoms with van der Waals surface area (Å²) in [6.07, 6.45) is 2.26. The van der Waals surface area contributed by atoms with Crippen LogP contribution in [-0.4, -0.2) is 35.3 Å². The van der Waals surface area contributed by atoms with Crippen LogP contribution in [0.3, 0.4) is 0 Å². The Kier molecular flexibility index (Phi) is 4.25. The maximum Gasteiger partial charge on any atom is 0.262 e. The summed E-state index contributed by atoms with van der Waals surface area (Å²) in [7, 11) is 0. The summed E-state index contributed by atoms with van der Waals surface area (Å²) in [5.41, 5.74) is 1.85. The highest BCUT2D eigenvalue weighted by molar-refractivity contribution is 6.26. The van der Waals surface area contributed by atoms with Gasteiger partial charge in [0.15, 0.2) is 0 Å². The molecule has 1 aliphatic rings. The molecule has 5 nitrogen and oxygen atoms in total. The van der Waals surface area contributed by atoms with Crippen molar-refractivity contribution >= 4 is 35.2 Å². The molecule has 3 rings (SSSR count). The lowest BCUT2D eigenvalue weighted by Crippen LogP contribution is -2.48. The average Bonchev–Trinajstić information content (AvgIpc) is 2.61. The molecule has 5 heteroatoms. The fraction of sp³-hybridized carbons (Fsp3) is 0.263. The predicted molar refractivity (Wildman–Crippen MR) is 89.0 cm³/mol. The highest BCUT2D eigenvalue weighted by Crippen LogP contribution is 2.32. The van der Waals surface area contributed by atoms with Gasteiger partial charge in [-0.2, -0.15) is 0 Å². The van der Waals surface area contributed by atoms with E-state index in [4.69, 9.17) is 0 Å². The number of rotatable bonds is 6. The Morgan fingerprint density at radius 2 is 1.83 bits per heavy atom. The number of aldehydes is 2. The molecule has 1 aliphatic heterocycles. The summed E-state index contributed by atoms with van der Waals surface area (Å²) in [4.78, 5) is 48.7. The predicted octanol–water partition coefficient (Wildman–Crippen LogP) is 2.54. The lowest BCUT2D eigenvalue weighted by Gasteiger charge is -2.31. The Bertz CT molecular complexity index is 856. The van der Waals surface area contributed by atoms with Gasteiger partial charge in [-0.3, -0.25) is 14.5 Å². The Hall–Kier alpha value is -2.82. The second-order valence-electron chi connectivity index (χ2n) is 5.83. The molecule has 0 bridgehead atoms. The van der Waals surface area contributed by atoms with Crippen molar-refractivity contribution in [2.45, 2.75) is 32.2 Å². The number of imide groups is 1. The van der Waals surface area contributed by atoms with Gasteiger partial charge in [-0.15, -0.1) is 0 Å². The van der Waals surface area contributed by atoms with E-state index in [0.29, 0.717) is 29.1 Å². The molecular weight excluding hydrogens is 306 g/mol. The largest absolute Gasteiger partial charge is 0.303 e. The van der Waals surface area contributed by atoms with E-state index in [1.54, 1.807) is 18.2 Å². The van der Waals surface area contributed by atoms with Gasteiger partial charge in [-0.05, 0) is 35.9 Å². The summed E-state index contributed by atoms with van der Waals surface area (Å²) in [6.45, 7) is 1.99. The first-order valence-corrected chi connectivity index (χ1v) is 7.94. The minimum absolute atomic E-state index is 0.118. The van der Waals surface area contributed by atoms with Gasteiger partial charge in [0.25, 0.3) is 11.8 Å². The van der Waals surface area contributed by atoms with Crippen LogP contribution >= 0.6 is 0 Å². The molecule has 0 radical (unpaired) electrons. The Morgan fingerprint density at radius 3 is 2.50 bits per heavy atom. The molecule has 122 valence electrons. The number of hydrogen-bond acceptors (Lipinski definition) is 4. The van der Waals surface area contributed by atoms with Crippen LogP contribution in [0.2, 0.25) is 0 Å². The van der Waals surface area contributed by atoms with E-state index in [1.165, 1.54) is 0 Å². The number of carbonyl (C=O) groups excluding carboxylic acids is 4. The van der Waals surface area contributed by atoms with Gasteiger partial charge in [0, 0.05) is 22.9 Å². The van der Waals surface area contributed by atoms with Crippen LogP contribution in [0.1, 0.15) is 46.0 Å². The van der Waals surface area contributed by atoms with Gasteiger partial charge in [0.1, 0.15) is 12.6 Å². The van der Waals surface area contributed by atoms with Crippen molar-refractivity contribution in [3.05, 3.63) is 47.0 Å². The molecule has 2 amide bonds. The fourth-order valence-corrected chi connectivity index (χ4v) is 3.19. The number of carbonyl (C=O) groups is 4. The number of hydrogen-bond donors (Lipinski definition) is 0. The molecule has 0 saturated heterocycles. The smallest absolute Gasteiger partial charge is 0.262 e. The molecule has 2 aromatic rings. The number of amides is 2. The van der Waals surface area contributed by atoms with E-state index >= 15 is 0 Å². The highest BCUT2D eigenvalue weighted by atomic mass is 16.2. The molecule has 0 N–H and O–H groups in total. The molecule has 2 aromatic carbocycles. The minimum Gasteiger partial charge on any atom is -0.303 e. The van der Waals surface area contributed by atoms with Crippen LogP contribution in [0.15, 0.2) is 30.3 Å². The van der Waals surface area contributed by atoms with Crippen molar-refractivity contribution in [2.24, 2.45) is 0 Å². The van der Waals surface area contributed by atoms with Crippen LogP contribution in [0, 0.1) is 0 Å². The van der Waals surface area contributed by atoms with Crippen LogP contribution in [0.5, 0.6) is 0 Å². The third kappa shape index (κ3) is 2.42. The SMILES string of the molecule is CCc1cc2c3c(cccc3c1)C(=O)N(C(C=O)CCC=O)C2=O. The molecule has 0 fully saturated rings. The molecule has 0 spiro atoms. The van der Waals surface area contributed by atoms with Crippen molar-refractivity contribution in [3.63, 3.8) is 0 Å². The fourth-order valence-electron chi connectivity index (χ4n) is 3.19. The molecule has 1 atom stereocenters. The van der Waals surface area contributed by atoms with Gasteiger partial charge < -0.3 is 9.59 Å². The van der Waals surface area contributed by atoms with Crippen molar-refractivity contribution in [1.29, 1.82) is 0 Å². The summed E-state index contributed by atoms with van der Waals surface area (Å²) in [5.74, 6) is -0.952. The van der Waals surface area contributed by atoms with Crippen molar-refractivity contribution in [3.8, 4) is 0 Å². The topological polar surface area (TPSA) is 71.5 Å². The zero-order valence-corrected chi connectivity index (χ0v) is 13.3. The summed E-state index contributed by atoms with van der Waals surface area (Å²) < 4.78 is 0. The van der Waals surface area contributed by atoms with E-state index in [1.807, 2.05) is 19.1 Å². The monoisotopic (exact) mass is 323 g/mol. The molecule has 1 unspecified atom stereocenters. The molecule has 0 saturated carbocycles. The van der Waals surface area contributed by atoms with Crippen LogP contribution in [0.25, 0.3) is 10.8 Å². The van der Waals surface area contributed by atoms with Gasteiger partial charge in [-0.1, -0.05) is 25.1 Å². The van der Waals surface area contributed by atoms with Crippen LogP contribution in [0.4, 0.5) is 0 Å². The first-order valence-electron chi connectivity index (χ1n) is 7.94. The van der Waals surface area contributed by atoms with Gasteiger partial charge in [-0.25, -0.2) is 0 Å². The second-order valence-corrected chi connectivity index (χ2v) is 5.83. The molecular formula is C19H17NO4. The first kappa shape index (κ1) is 16.1. The van der Waals surface area contributed by atoms with E-state index < -0.39 is 17.9 Å². The van der Waals surface area contributed by atoms with Crippen molar-refractivity contribution in [1.82, 2.24) is 4.90 Å². The van der Waals surface area contributed by atoms with E-state index in [0.717, 1.165) is 22.3 Å². The average molecular weight is 323 g/mol. The summed E-state index contributed by atoms with van der Waals surface area (Å²) in [6, 6.07) is 8.15. The maximum absolute atomic E-state index is 12.9. The maximum atomic E-state index is 12.9. The van der Waals surface area contributed by atoms with Gasteiger partial charge in [0.05, 0.1) is 6.04 Å². The lowest BCUT2D eigenvalue weighted by atomic mass is 9.90. The van der Waals surface area contributed by atoms with Crippen LogP contribution in [-0.2, 0) is 16.0 Å². The standard InChI is InChI=1S/C19H17NO4/c1-2-12-9-13-5-3-7-15-17(13)16(10-12)19(24)20(18(15)23)14(11-22)6-4-8-21/h3,5,7-11,14H,2,4,6H2,1H3. The highest BCUT2D eigenvalue weighted by Gasteiger charge is 2.37. The molecule has 24 heavy (non-hydrogen) atoms. The number of nitrogens with zero attached hydrogens (tertiary/aromatic N) is 1. The number of benzene rings is 2. The zero-order valence-electron chi connectivity index (χ0n) is 13.3. The Morgan fingerprint density at radius 1 is 1.08 bits per heavy atom. The van der Waals surface area contributed by atoms with E-state index in [9.17, 15) is 19.2 Å². The second kappa shape index (κ2) is 6.35. The minimum atomic E-state index is -0.927. The van der Waals surface area contributed by atoms with Gasteiger partial charge in [0.2, 0.25) is 0 Å². The molecule has 0 aromatic heterocycles. The lowest BCUT2D eigenvalue weighted by molar-refractivity contribution is -0.112. The van der Waals surface area contributed by atoms with Crippen molar-refractivity contribution in [2.75, 3.05) is 0 Å². The Balaban J connectivity index is 2.19. The molecule has 1 heterocycles. The van der Waals surface area contributed by atoms with Gasteiger partial charge >= 0.3 is 0 Å². The third-order valence-corrected chi connectivity index (χ3v) is 4.41. The van der Waals surface area contributed by atoms with Crippen molar-refractivity contribution < 1.29 is 19.2 Å². The van der Waals surface area contributed by atoms with Crippen LogP contribution < -0.4 is 0 Å². The Labute approximate surface area is 139 Å². The normalized spacial score (nSPS) is 14.8.